The third-order valence-corrected chi connectivity index (χ3v) is 6.94. The number of carbonyl (C=O) groups excluding carboxylic acids is 2. The first-order valence-corrected chi connectivity index (χ1v) is 12.0. The number of primary amides is 1. The van der Waals surface area contributed by atoms with Crippen molar-refractivity contribution in [1.82, 2.24) is 14.9 Å². The van der Waals surface area contributed by atoms with E-state index < -0.39 is 5.91 Å². The van der Waals surface area contributed by atoms with Crippen LogP contribution < -0.4 is 21.3 Å². The Morgan fingerprint density at radius 1 is 1.09 bits per heavy atom. The lowest BCUT2D eigenvalue weighted by Crippen LogP contribution is -2.44. The van der Waals surface area contributed by atoms with Crippen LogP contribution in [0.15, 0.2) is 64.7 Å². The van der Waals surface area contributed by atoms with Crippen molar-refractivity contribution in [3.63, 3.8) is 0 Å². The molecule has 0 saturated carbocycles. The normalized spacial score (nSPS) is 17.1. The number of anilines is 4. The van der Waals surface area contributed by atoms with Gasteiger partial charge in [-0.1, -0.05) is 23.9 Å². The Balaban J connectivity index is 1.29. The van der Waals surface area contributed by atoms with Gasteiger partial charge in [-0.05, 0) is 55.1 Å². The molecule has 35 heavy (non-hydrogen) atoms. The van der Waals surface area contributed by atoms with E-state index in [9.17, 15) is 9.59 Å². The Hall–Kier alpha value is -3.89. The van der Waals surface area contributed by atoms with E-state index in [1.54, 1.807) is 36.5 Å². The Labute approximate surface area is 207 Å². The molecule has 2 aromatic carbocycles. The van der Waals surface area contributed by atoms with Crippen molar-refractivity contribution in [2.24, 2.45) is 5.73 Å². The van der Waals surface area contributed by atoms with Gasteiger partial charge >= 0.3 is 0 Å². The maximum Gasteiger partial charge on any atom is 0.262 e. The van der Waals surface area contributed by atoms with Gasteiger partial charge in [0, 0.05) is 43.1 Å². The quantitative estimate of drug-likeness (QED) is 0.371. The number of hydrogen-bond donors (Lipinski definition) is 3. The second-order valence-electron chi connectivity index (χ2n) is 8.43. The van der Waals surface area contributed by atoms with E-state index in [0.29, 0.717) is 27.1 Å². The number of amides is 2. The van der Waals surface area contributed by atoms with E-state index in [4.69, 9.17) is 5.73 Å². The van der Waals surface area contributed by atoms with Gasteiger partial charge in [-0.15, -0.1) is 0 Å². The minimum atomic E-state index is -0.492. The Kier molecular flexibility index (Phi) is 6.39. The van der Waals surface area contributed by atoms with Crippen LogP contribution in [0.1, 0.15) is 15.9 Å². The number of nitrogens with zero attached hydrogens (tertiary/aromatic N) is 4. The van der Waals surface area contributed by atoms with E-state index in [0.717, 1.165) is 37.4 Å². The van der Waals surface area contributed by atoms with Crippen molar-refractivity contribution in [3.8, 4) is 0 Å². The molecule has 10 heteroatoms. The SMILES string of the molecule is CN1CCN(c2ccc(Nc3ncc4c(n3)SC(=Cc3ccc(C(N)=O)cc3)C(=O)N4)cc2)CC1. The number of nitrogens with one attached hydrogen (secondary N) is 2. The lowest BCUT2D eigenvalue weighted by Gasteiger charge is -2.34. The van der Waals surface area contributed by atoms with Gasteiger partial charge in [-0.25, -0.2) is 9.97 Å². The van der Waals surface area contributed by atoms with Gasteiger partial charge in [0.15, 0.2) is 0 Å². The monoisotopic (exact) mass is 487 g/mol. The number of rotatable bonds is 5. The number of piperazine rings is 1. The number of likely N-dealkylation sites (N-methyl/N-ethyl adjacent to an activating group) is 1. The van der Waals surface area contributed by atoms with Crippen LogP contribution in [0, 0.1) is 0 Å². The van der Waals surface area contributed by atoms with Gasteiger partial charge < -0.3 is 26.2 Å². The molecule has 0 spiro atoms. The highest BCUT2D eigenvalue weighted by Gasteiger charge is 2.23. The van der Waals surface area contributed by atoms with Crippen LogP contribution in [0.3, 0.4) is 0 Å². The second kappa shape index (κ2) is 9.77. The molecule has 2 aliphatic rings. The summed E-state index contributed by atoms with van der Waals surface area (Å²) in [4.78, 5) is 38.0. The fourth-order valence-electron chi connectivity index (χ4n) is 3.86. The molecule has 0 unspecified atom stereocenters. The van der Waals surface area contributed by atoms with Gasteiger partial charge in [-0.3, -0.25) is 9.59 Å². The number of aromatic nitrogens is 2. The molecule has 0 bridgehead atoms. The molecule has 0 atom stereocenters. The topological polar surface area (TPSA) is 116 Å². The zero-order valence-electron chi connectivity index (χ0n) is 19.2. The van der Waals surface area contributed by atoms with Crippen LogP contribution in [0.4, 0.5) is 23.0 Å². The predicted molar refractivity (Wildman–Crippen MR) is 139 cm³/mol. The van der Waals surface area contributed by atoms with Gasteiger partial charge in [0.2, 0.25) is 11.9 Å². The molecule has 178 valence electrons. The van der Waals surface area contributed by atoms with Crippen LogP contribution in [-0.2, 0) is 4.79 Å². The predicted octanol–water partition coefficient (Wildman–Crippen LogP) is 3.16. The fraction of sp³-hybridized carbons (Fsp3) is 0.200. The van der Waals surface area contributed by atoms with Crippen LogP contribution in [0.5, 0.6) is 0 Å². The van der Waals surface area contributed by atoms with Crippen molar-refractivity contribution in [3.05, 3.63) is 70.8 Å². The lowest BCUT2D eigenvalue weighted by atomic mass is 10.1. The Bertz CT molecular complexity index is 1280. The van der Waals surface area contributed by atoms with Crippen LogP contribution in [-0.4, -0.2) is 59.9 Å². The summed E-state index contributed by atoms with van der Waals surface area (Å²) in [5, 5.41) is 6.73. The number of hydrogen-bond acceptors (Lipinski definition) is 8. The number of nitrogens with two attached hydrogens (primary N) is 1. The summed E-state index contributed by atoms with van der Waals surface area (Å²) >= 11 is 1.27. The molecule has 0 aliphatic carbocycles. The van der Waals surface area contributed by atoms with Gasteiger partial charge in [0.1, 0.15) is 5.03 Å². The van der Waals surface area contributed by atoms with E-state index >= 15 is 0 Å². The summed E-state index contributed by atoms with van der Waals surface area (Å²) < 4.78 is 0. The molecule has 1 aromatic heterocycles. The highest BCUT2D eigenvalue weighted by molar-refractivity contribution is 8.04. The van der Waals surface area contributed by atoms with E-state index in [1.807, 2.05) is 12.1 Å². The first-order chi connectivity index (χ1) is 16.9. The maximum absolute atomic E-state index is 12.5. The Morgan fingerprint density at radius 2 is 1.80 bits per heavy atom. The zero-order valence-corrected chi connectivity index (χ0v) is 20.0. The van der Waals surface area contributed by atoms with Crippen molar-refractivity contribution in [2.75, 3.05) is 48.8 Å². The largest absolute Gasteiger partial charge is 0.369 e. The number of fused-ring (bicyclic) bond motifs is 1. The molecule has 3 aromatic rings. The molecular formula is C25H25N7O2S. The van der Waals surface area contributed by atoms with Gasteiger partial charge in [0.05, 0.1) is 16.8 Å². The number of benzene rings is 2. The summed E-state index contributed by atoms with van der Waals surface area (Å²) in [6.07, 6.45) is 3.35. The smallest absolute Gasteiger partial charge is 0.262 e. The molecule has 2 amide bonds. The second-order valence-corrected chi connectivity index (χ2v) is 9.46. The molecule has 5 rings (SSSR count). The molecule has 2 aliphatic heterocycles. The molecule has 9 nitrogen and oxygen atoms in total. The standard InChI is InChI=1S/C25H25N7O2S/c1-31-10-12-32(13-11-31)19-8-6-18(7-9-19)28-25-27-15-20-24(30-25)35-21(23(34)29-20)14-16-2-4-17(5-3-16)22(26)33/h2-9,14-15H,10-13H2,1H3,(H2,26,33)(H,29,34)(H,27,28,30). The van der Waals surface area contributed by atoms with Crippen LogP contribution in [0.25, 0.3) is 6.08 Å². The summed E-state index contributed by atoms with van der Waals surface area (Å²) in [6, 6.07) is 15.0. The molecule has 0 radical (unpaired) electrons. The average Bonchev–Trinajstić information content (AvgIpc) is 2.86. The molecule has 1 fully saturated rings. The third kappa shape index (κ3) is 5.28. The third-order valence-electron chi connectivity index (χ3n) is 5.92. The molecule has 1 saturated heterocycles. The van der Waals surface area contributed by atoms with Gasteiger partial charge in [0.25, 0.3) is 5.91 Å². The summed E-state index contributed by atoms with van der Waals surface area (Å²) in [5.41, 5.74) is 9.14. The highest BCUT2D eigenvalue weighted by Crippen LogP contribution is 2.38. The number of carbonyl (C=O) groups is 2. The van der Waals surface area contributed by atoms with Crippen molar-refractivity contribution >= 4 is 52.7 Å². The van der Waals surface area contributed by atoms with Crippen molar-refractivity contribution in [2.45, 2.75) is 5.03 Å². The van der Waals surface area contributed by atoms with E-state index in [1.165, 1.54) is 17.4 Å². The summed E-state index contributed by atoms with van der Waals surface area (Å²) in [6.45, 7) is 4.16. The lowest BCUT2D eigenvalue weighted by molar-refractivity contribution is -0.112. The molecular weight excluding hydrogens is 462 g/mol. The maximum atomic E-state index is 12.5. The minimum Gasteiger partial charge on any atom is -0.369 e. The van der Waals surface area contributed by atoms with Crippen LogP contribution in [0.2, 0.25) is 0 Å². The van der Waals surface area contributed by atoms with E-state index in [-0.39, 0.29) is 5.91 Å². The number of thioether (sulfide) groups is 1. The summed E-state index contributed by atoms with van der Waals surface area (Å²) in [5.74, 6) is -0.274. The minimum absolute atomic E-state index is 0.231. The highest BCUT2D eigenvalue weighted by atomic mass is 32.2. The zero-order chi connectivity index (χ0) is 24.4. The fourth-order valence-corrected chi connectivity index (χ4v) is 4.76. The van der Waals surface area contributed by atoms with Gasteiger partial charge in [-0.2, -0.15) is 0 Å². The molecule has 4 N–H and O–H groups in total. The summed E-state index contributed by atoms with van der Waals surface area (Å²) in [7, 11) is 2.15. The Morgan fingerprint density at radius 3 is 2.49 bits per heavy atom. The first kappa shape index (κ1) is 22.9. The van der Waals surface area contributed by atoms with E-state index in [2.05, 4.69) is 49.6 Å². The van der Waals surface area contributed by atoms with Crippen molar-refractivity contribution in [1.29, 1.82) is 0 Å². The average molecular weight is 488 g/mol. The first-order valence-electron chi connectivity index (χ1n) is 11.2. The molecule has 3 heterocycles. The van der Waals surface area contributed by atoms with Crippen molar-refractivity contribution < 1.29 is 9.59 Å². The van der Waals surface area contributed by atoms with Crippen LogP contribution >= 0.6 is 11.8 Å².